The average molecular weight is 286 g/mol. The fourth-order valence-corrected chi connectivity index (χ4v) is 2.54. The maximum Gasteiger partial charge on any atom is 0.352 e. The van der Waals surface area contributed by atoms with Crippen LogP contribution in [0.25, 0.3) is 10.9 Å². The van der Waals surface area contributed by atoms with Crippen LogP contribution in [0.15, 0.2) is 18.2 Å². The maximum absolute atomic E-state index is 11.0. The van der Waals surface area contributed by atoms with Crippen molar-refractivity contribution in [3.05, 3.63) is 35.0 Å². The van der Waals surface area contributed by atoms with E-state index in [9.17, 15) is 4.79 Å². The molecule has 0 atom stereocenters. The topological polar surface area (TPSA) is 53.1 Å². The number of rotatable bonds is 5. The van der Waals surface area contributed by atoms with E-state index in [0.29, 0.717) is 18.2 Å². The van der Waals surface area contributed by atoms with E-state index in [2.05, 4.69) is 4.98 Å². The molecule has 0 fully saturated rings. The summed E-state index contributed by atoms with van der Waals surface area (Å²) < 4.78 is 0. The van der Waals surface area contributed by atoms with E-state index in [4.69, 9.17) is 28.3 Å². The smallest absolute Gasteiger partial charge is 0.352 e. The first-order valence-corrected chi connectivity index (χ1v) is 6.73. The van der Waals surface area contributed by atoms with Crippen molar-refractivity contribution in [1.29, 1.82) is 0 Å². The zero-order chi connectivity index (χ0) is 13.1. The van der Waals surface area contributed by atoms with Gasteiger partial charge in [-0.05, 0) is 36.1 Å². The maximum atomic E-state index is 11.0. The summed E-state index contributed by atoms with van der Waals surface area (Å²) >= 11 is 11.6. The Balaban J connectivity index is 2.60. The number of aromatic carboxylic acids is 1. The minimum atomic E-state index is -0.957. The zero-order valence-electron chi connectivity index (χ0n) is 9.67. The van der Waals surface area contributed by atoms with Crippen molar-refractivity contribution in [2.24, 2.45) is 0 Å². The van der Waals surface area contributed by atoms with Crippen LogP contribution in [0.2, 0.25) is 0 Å². The molecule has 5 heteroatoms. The number of fused-ring (bicyclic) bond motifs is 1. The number of alkyl halides is 2. The van der Waals surface area contributed by atoms with Gasteiger partial charge in [-0.2, -0.15) is 0 Å². The van der Waals surface area contributed by atoms with Gasteiger partial charge < -0.3 is 10.1 Å². The Bertz CT molecular complexity index is 578. The first kappa shape index (κ1) is 13.2. The summed E-state index contributed by atoms with van der Waals surface area (Å²) in [6, 6.07) is 5.54. The van der Waals surface area contributed by atoms with Crippen molar-refractivity contribution in [3.8, 4) is 0 Å². The van der Waals surface area contributed by atoms with Crippen LogP contribution in [0.4, 0.5) is 0 Å². The van der Waals surface area contributed by atoms with Gasteiger partial charge in [-0.25, -0.2) is 4.79 Å². The van der Waals surface area contributed by atoms with E-state index < -0.39 is 5.97 Å². The van der Waals surface area contributed by atoms with Crippen LogP contribution < -0.4 is 0 Å². The summed E-state index contributed by atoms with van der Waals surface area (Å²) in [5, 5.41) is 9.93. The molecule has 0 amide bonds. The van der Waals surface area contributed by atoms with E-state index in [1.165, 1.54) is 0 Å². The van der Waals surface area contributed by atoms with Crippen LogP contribution in [0.5, 0.6) is 0 Å². The Labute approximate surface area is 115 Å². The highest BCUT2D eigenvalue weighted by Gasteiger charge is 2.12. The monoisotopic (exact) mass is 285 g/mol. The van der Waals surface area contributed by atoms with Crippen LogP contribution in [-0.4, -0.2) is 27.8 Å². The molecule has 1 heterocycles. The molecule has 0 unspecified atom stereocenters. The molecule has 18 heavy (non-hydrogen) atoms. The highest BCUT2D eigenvalue weighted by atomic mass is 35.5. The summed E-state index contributed by atoms with van der Waals surface area (Å²) in [5.41, 5.74) is 3.25. The van der Waals surface area contributed by atoms with Crippen molar-refractivity contribution >= 4 is 40.1 Å². The van der Waals surface area contributed by atoms with Crippen LogP contribution in [0.3, 0.4) is 0 Å². The van der Waals surface area contributed by atoms with Gasteiger partial charge in [0.15, 0.2) is 0 Å². The molecule has 96 valence electrons. The van der Waals surface area contributed by atoms with Crippen LogP contribution in [0, 0.1) is 0 Å². The Morgan fingerprint density at radius 2 is 1.94 bits per heavy atom. The normalized spacial score (nSPS) is 11.0. The molecule has 0 saturated heterocycles. The largest absolute Gasteiger partial charge is 0.477 e. The Morgan fingerprint density at radius 3 is 2.56 bits per heavy atom. The minimum Gasteiger partial charge on any atom is -0.477 e. The van der Waals surface area contributed by atoms with Gasteiger partial charge in [-0.1, -0.05) is 6.07 Å². The predicted octanol–water partition coefficient (Wildman–Crippen LogP) is 3.43. The number of carbonyl (C=O) groups is 1. The lowest BCUT2D eigenvalue weighted by Gasteiger charge is -2.08. The fraction of sp³-hybridized carbons (Fsp3) is 0.308. The Kier molecular flexibility index (Phi) is 4.15. The summed E-state index contributed by atoms with van der Waals surface area (Å²) in [5.74, 6) is 0.0841. The van der Waals surface area contributed by atoms with E-state index in [0.717, 1.165) is 28.5 Å². The number of halogens is 2. The number of aromatic nitrogens is 1. The van der Waals surface area contributed by atoms with Gasteiger partial charge >= 0.3 is 5.97 Å². The standard InChI is InChI=1S/C13H13Cl2NO2/c14-5-3-8-1-2-11-10(9(8)4-6-15)7-12(16-11)13(17)18/h1-2,7,16H,3-6H2,(H,17,18). The van der Waals surface area contributed by atoms with Crippen LogP contribution in [-0.2, 0) is 12.8 Å². The number of H-pyrrole nitrogens is 1. The molecule has 0 spiro atoms. The summed E-state index contributed by atoms with van der Waals surface area (Å²) in [4.78, 5) is 13.9. The molecule has 1 aromatic heterocycles. The minimum absolute atomic E-state index is 0.198. The summed E-state index contributed by atoms with van der Waals surface area (Å²) in [6.07, 6.45) is 1.47. The quantitative estimate of drug-likeness (QED) is 0.827. The van der Waals surface area contributed by atoms with Crippen LogP contribution >= 0.6 is 23.2 Å². The molecule has 0 bridgehead atoms. The Morgan fingerprint density at radius 1 is 1.22 bits per heavy atom. The van der Waals surface area contributed by atoms with Gasteiger partial charge in [-0.3, -0.25) is 0 Å². The van der Waals surface area contributed by atoms with Gasteiger partial charge in [0.25, 0.3) is 0 Å². The third-order valence-electron chi connectivity index (χ3n) is 2.95. The molecule has 2 N–H and O–H groups in total. The van der Waals surface area contributed by atoms with Crippen molar-refractivity contribution in [3.63, 3.8) is 0 Å². The van der Waals surface area contributed by atoms with Gasteiger partial charge in [0.1, 0.15) is 5.69 Å². The highest BCUT2D eigenvalue weighted by molar-refractivity contribution is 6.18. The number of carboxylic acids is 1. The number of benzene rings is 1. The van der Waals surface area contributed by atoms with E-state index in [1.54, 1.807) is 6.07 Å². The second-order valence-corrected chi connectivity index (χ2v) is 4.79. The van der Waals surface area contributed by atoms with Gasteiger partial charge in [-0.15, -0.1) is 23.2 Å². The lowest BCUT2D eigenvalue weighted by Crippen LogP contribution is -1.97. The molecule has 0 saturated carbocycles. The number of hydrogen-bond acceptors (Lipinski definition) is 1. The number of nitrogens with one attached hydrogen (secondary N) is 1. The lowest BCUT2D eigenvalue weighted by molar-refractivity contribution is 0.0691. The number of carboxylic acid groups (broad SMARTS) is 1. The molecule has 2 rings (SSSR count). The Hall–Kier alpha value is -1.19. The van der Waals surface area contributed by atoms with E-state index >= 15 is 0 Å². The zero-order valence-corrected chi connectivity index (χ0v) is 11.2. The third kappa shape index (κ3) is 2.47. The number of hydrogen-bond donors (Lipinski definition) is 2. The summed E-state index contributed by atoms with van der Waals surface area (Å²) in [7, 11) is 0. The van der Waals surface area contributed by atoms with Crippen molar-refractivity contribution < 1.29 is 9.90 Å². The summed E-state index contributed by atoms with van der Waals surface area (Å²) in [6.45, 7) is 0. The predicted molar refractivity (Wildman–Crippen MR) is 74.1 cm³/mol. The molecule has 0 radical (unpaired) electrons. The van der Waals surface area contributed by atoms with Crippen LogP contribution in [0.1, 0.15) is 21.6 Å². The number of aromatic amines is 1. The lowest BCUT2D eigenvalue weighted by atomic mass is 9.99. The highest BCUT2D eigenvalue weighted by Crippen LogP contribution is 2.25. The molecule has 0 aliphatic heterocycles. The number of aryl methyl sites for hydroxylation is 2. The van der Waals surface area contributed by atoms with E-state index in [-0.39, 0.29) is 5.69 Å². The average Bonchev–Trinajstić information content (AvgIpc) is 2.77. The third-order valence-corrected chi connectivity index (χ3v) is 3.33. The second-order valence-electron chi connectivity index (χ2n) is 4.03. The molecule has 2 aromatic rings. The first-order valence-electron chi connectivity index (χ1n) is 5.66. The van der Waals surface area contributed by atoms with Crippen molar-refractivity contribution in [2.45, 2.75) is 12.8 Å². The van der Waals surface area contributed by atoms with Crippen molar-refractivity contribution in [2.75, 3.05) is 11.8 Å². The van der Waals surface area contributed by atoms with Gasteiger partial charge in [0.2, 0.25) is 0 Å². The van der Waals surface area contributed by atoms with Crippen molar-refractivity contribution in [1.82, 2.24) is 4.98 Å². The van der Waals surface area contributed by atoms with Gasteiger partial charge in [0, 0.05) is 22.7 Å². The molecule has 0 aliphatic carbocycles. The fourth-order valence-electron chi connectivity index (χ4n) is 2.15. The molecular formula is C13H13Cl2NO2. The molecule has 3 nitrogen and oxygen atoms in total. The van der Waals surface area contributed by atoms with E-state index in [1.807, 2.05) is 12.1 Å². The second kappa shape index (κ2) is 5.63. The molecule has 1 aromatic carbocycles. The first-order chi connectivity index (χ1) is 8.67. The molecular weight excluding hydrogens is 273 g/mol. The van der Waals surface area contributed by atoms with Gasteiger partial charge in [0.05, 0.1) is 0 Å². The SMILES string of the molecule is O=C(O)c1cc2c(CCCl)c(CCCl)ccc2[nH]1. The molecule has 0 aliphatic rings.